The van der Waals surface area contributed by atoms with Crippen molar-refractivity contribution in [2.75, 3.05) is 31.1 Å². The molecule has 0 saturated carbocycles. The SMILES string of the molecule is Cc1c(-c2cnn([C@@H]3CCNC3)c2)nc(N2CCC2)c2nccn12. The van der Waals surface area contributed by atoms with Crippen LogP contribution < -0.4 is 10.2 Å². The number of nitrogens with one attached hydrogen (secondary N) is 1. The van der Waals surface area contributed by atoms with Crippen molar-refractivity contribution in [3.63, 3.8) is 0 Å². The summed E-state index contributed by atoms with van der Waals surface area (Å²) in [4.78, 5) is 11.8. The minimum Gasteiger partial charge on any atom is -0.353 e. The summed E-state index contributed by atoms with van der Waals surface area (Å²) >= 11 is 0. The van der Waals surface area contributed by atoms with Crippen LogP contribution in [-0.4, -0.2) is 50.3 Å². The van der Waals surface area contributed by atoms with Crippen LogP contribution in [-0.2, 0) is 0 Å². The van der Waals surface area contributed by atoms with Gasteiger partial charge in [0.15, 0.2) is 11.5 Å². The minimum absolute atomic E-state index is 0.450. The van der Waals surface area contributed by atoms with Crippen LogP contribution in [0.2, 0.25) is 0 Å². The lowest BCUT2D eigenvalue weighted by Gasteiger charge is -2.32. The molecule has 0 unspecified atom stereocenters. The molecule has 2 aliphatic rings. The summed E-state index contributed by atoms with van der Waals surface area (Å²) in [7, 11) is 0. The van der Waals surface area contributed by atoms with Crippen LogP contribution in [0.4, 0.5) is 5.82 Å². The van der Waals surface area contributed by atoms with Crippen LogP contribution in [0.5, 0.6) is 0 Å². The van der Waals surface area contributed by atoms with Crippen molar-refractivity contribution in [1.82, 2.24) is 29.5 Å². The Balaban J connectivity index is 1.62. The Labute approximate surface area is 140 Å². The van der Waals surface area contributed by atoms with Gasteiger partial charge in [-0.15, -0.1) is 0 Å². The fourth-order valence-electron chi connectivity index (χ4n) is 3.63. The minimum atomic E-state index is 0.450. The van der Waals surface area contributed by atoms with Crippen LogP contribution in [0.1, 0.15) is 24.6 Å². The summed E-state index contributed by atoms with van der Waals surface area (Å²) in [5.41, 5.74) is 4.13. The third kappa shape index (κ3) is 2.04. The fraction of sp³-hybridized carbons (Fsp3) is 0.471. The summed E-state index contributed by atoms with van der Waals surface area (Å²) in [5, 5.41) is 7.99. The van der Waals surface area contributed by atoms with E-state index in [4.69, 9.17) is 4.98 Å². The van der Waals surface area contributed by atoms with Gasteiger partial charge in [0.1, 0.15) is 0 Å². The van der Waals surface area contributed by atoms with Crippen molar-refractivity contribution in [3.05, 3.63) is 30.5 Å². The predicted molar refractivity (Wildman–Crippen MR) is 92.3 cm³/mol. The van der Waals surface area contributed by atoms with Crippen LogP contribution in [0.15, 0.2) is 24.8 Å². The highest BCUT2D eigenvalue weighted by Crippen LogP contribution is 2.30. The molecular weight excluding hydrogens is 302 g/mol. The van der Waals surface area contributed by atoms with E-state index in [1.54, 1.807) is 0 Å². The molecule has 3 aromatic heterocycles. The molecule has 0 amide bonds. The van der Waals surface area contributed by atoms with Gasteiger partial charge in [-0.05, 0) is 26.3 Å². The summed E-state index contributed by atoms with van der Waals surface area (Å²) in [6.45, 7) is 6.28. The normalized spacial score (nSPS) is 20.7. The maximum absolute atomic E-state index is 4.98. The van der Waals surface area contributed by atoms with Crippen LogP contribution in [0, 0.1) is 6.92 Å². The first kappa shape index (κ1) is 14.0. The second-order valence-corrected chi connectivity index (χ2v) is 6.69. The van der Waals surface area contributed by atoms with Gasteiger partial charge in [-0.2, -0.15) is 5.10 Å². The van der Waals surface area contributed by atoms with Crippen LogP contribution >= 0.6 is 0 Å². The zero-order valence-electron chi connectivity index (χ0n) is 13.8. The van der Waals surface area contributed by atoms with Gasteiger partial charge in [-0.1, -0.05) is 0 Å². The van der Waals surface area contributed by atoms with E-state index in [1.807, 2.05) is 18.6 Å². The fourth-order valence-corrected chi connectivity index (χ4v) is 3.63. The van der Waals surface area contributed by atoms with Crippen molar-refractivity contribution in [2.45, 2.75) is 25.8 Å². The first-order chi connectivity index (χ1) is 11.8. The highest BCUT2D eigenvalue weighted by Gasteiger charge is 2.23. The van der Waals surface area contributed by atoms with Gasteiger partial charge in [-0.3, -0.25) is 9.08 Å². The number of fused-ring (bicyclic) bond motifs is 1. The molecule has 5 heterocycles. The molecule has 0 aromatic carbocycles. The number of aromatic nitrogens is 5. The summed E-state index contributed by atoms with van der Waals surface area (Å²) in [6, 6.07) is 0.450. The standard InChI is InChI=1S/C17H21N7/c1-12-15(13-9-20-24(11-13)14-3-4-18-10-14)21-17(22-6-2-7-22)16-19-5-8-23(12)16/h5,8-9,11,14,18H,2-4,6-7,10H2,1H3/t14-/m1/s1. The lowest BCUT2D eigenvalue weighted by Crippen LogP contribution is -2.38. The smallest absolute Gasteiger partial charge is 0.180 e. The molecular formula is C17H21N7. The average molecular weight is 323 g/mol. The zero-order valence-corrected chi connectivity index (χ0v) is 13.8. The Morgan fingerprint density at radius 2 is 2.21 bits per heavy atom. The van der Waals surface area contributed by atoms with E-state index in [1.165, 1.54) is 6.42 Å². The highest BCUT2D eigenvalue weighted by molar-refractivity contribution is 5.72. The molecule has 0 aliphatic carbocycles. The lowest BCUT2D eigenvalue weighted by molar-refractivity contribution is 0.491. The number of hydrogen-bond acceptors (Lipinski definition) is 5. The van der Waals surface area contributed by atoms with Gasteiger partial charge in [0.2, 0.25) is 0 Å². The molecule has 3 aromatic rings. The van der Waals surface area contributed by atoms with Crippen LogP contribution in [0.25, 0.3) is 16.9 Å². The maximum Gasteiger partial charge on any atom is 0.180 e. The number of rotatable bonds is 3. The monoisotopic (exact) mass is 323 g/mol. The first-order valence-electron chi connectivity index (χ1n) is 8.65. The van der Waals surface area contributed by atoms with E-state index in [-0.39, 0.29) is 0 Å². The quantitative estimate of drug-likeness (QED) is 0.794. The van der Waals surface area contributed by atoms with Gasteiger partial charge in [0.25, 0.3) is 0 Å². The van der Waals surface area contributed by atoms with Crippen molar-refractivity contribution in [1.29, 1.82) is 0 Å². The molecule has 7 heteroatoms. The third-order valence-corrected chi connectivity index (χ3v) is 5.20. The molecule has 124 valence electrons. The third-order valence-electron chi connectivity index (χ3n) is 5.20. The first-order valence-corrected chi connectivity index (χ1v) is 8.65. The van der Waals surface area contributed by atoms with Gasteiger partial charge in [0.05, 0.1) is 17.9 Å². The number of aryl methyl sites for hydroxylation is 1. The van der Waals surface area contributed by atoms with Gasteiger partial charge in [0, 0.05) is 49.5 Å². The average Bonchev–Trinajstić information content (AvgIpc) is 3.29. The Bertz CT molecular complexity index is 884. The van der Waals surface area contributed by atoms with Crippen molar-refractivity contribution >= 4 is 11.5 Å². The van der Waals surface area contributed by atoms with E-state index in [9.17, 15) is 0 Å². The van der Waals surface area contributed by atoms with Gasteiger partial charge < -0.3 is 10.2 Å². The maximum atomic E-state index is 4.98. The molecule has 7 nitrogen and oxygen atoms in total. The number of anilines is 1. The largest absolute Gasteiger partial charge is 0.353 e. The second kappa shape index (κ2) is 5.31. The molecule has 0 bridgehead atoms. The second-order valence-electron chi connectivity index (χ2n) is 6.69. The predicted octanol–water partition coefficient (Wildman–Crippen LogP) is 1.65. The molecule has 1 atom stereocenters. The number of hydrogen-bond donors (Lipinski definition) is 1. The van der Waals surface area contributed by atoms with E-state index in [0.717, 1.165) is 61.0 Å². The molecule has 2 aliphatic heterocycles. The van der Waals surface area contributed by atoms with Gasteiger partial charge in [-0.25, -0.2) is 9.97 Å². The Morgan fingerprint density at radius 3 is 2.96 bits per heavy atom. The topological polar surface area (TPSA) is 63.3 Å². The number of imidazole rings is 1. The van der Waals surface area contributed by atoms with Crippen LogP contribution in [0.3, 0.4) is 0 Å². The van der Waals surface area contributed by atoms with Gasteiger partial charge >= 0.3 is 0 Å². The number of nitrogens with zero attached hydrogens (tertiary/aromatic N) is 6. The van der Waals surface area contributed by atoms with Crippen molar-refractivity contribution < 1.29 is 0 Å². The molecule has 1 N–H and O–H groups in total. The van der Waals surface area contributed by atoms with E-state index < -0.39 is 0 Å². The summed E-state index contributed by atoms with van der Waals surface area (Å²) in [5.74, 6) is 0.988. The van der Waals surface area contributed by atoms with Crippen molar-refractivity contribution in [2.24, 2.45) is 0 Å². The Morgan fingerprint density at radius 1 is 1.29 bits per heavy atom. The lowest BCUT2D eigenvalue weighted by atomic mass is 10.2. The zero-order chi connectivity index (χ0) is 16.1. The Hall–Kier alpha value is -2.41. The highest BCUT2D eigenvalue weighted by atomic mass is 15.3. The molecule has 2 saturated heterocycles. The molecule has 24 heavy (non-hydrogen) atoms. The molecule has 0 spiro atoms. The summed E-state index contributed by atoms with van der Waals surface area (Å²) in [6.07, 6.45) is 10.3. The van der Waals surface area contributed by atoms with E-state index in [2.05, 4.69) is 42.5 Å². The molecule has 0 radical (unpaired) electrons. The molecule has 5 rings (SSSR count). The van der Waals surface area contributed by atoms with Crippen molar-refractivity contribution in [3.8, 4) is 11.3 Å². The Kier molecular flexibility index (Phi) is 3.09. The molecule has 2 fully saturated rings. The van der Waals surface area contributed by atoms with E-state index in [0.29, 0.717) is 6.04 Å². The summed E-state index contributed by atoms with van der Waals surface area (Å²) < 4.78 is 4.22. The van der Waals surface area contributed by atoms with E-state index >= 15 is 0 Å².